The van der Waals surface area contributed by atoms with Crippen molar-refractivity contribution in [2.24, 2.45) is 0 Å². The molecule has 87 valence electrons. The van der Waals surface area contributed by atoms with Crippen molar-refractivity contribution in [3.05, 3.63) is 35.8 Å². The van der Waals surface area contributed by atoms with Crippen LogP contribution in [0, 0.1) is 6.54 Å². The van der Waals surface area contributed by atoms with Gasteiger partial charge >= 0.3 is 0 Å². The Hall–Kier alpha value is -0.580. The lowest BCUT2D eigenvalue weighted by Crippen LogP contribution is -2.32. The zero-order chi connectivity index (χ0) is 11.6. The van der Waals surface area contributed by atoms with Gasteiger partial charge in [-0.2, -0.15) is 4.31 Å². The lowest BCUT2D eigenvalue weighted by Gasteiger charge is -2.25. The van der Waals surface area contributed by atoms with Crippen LogP contribution in [0.1, 0.15) is 19.3 Å². The highest BCUT2D eigenvalue weighted by atomic mass is 35.5. The molecule has 1 heterocycles. The van der Waals surface area contributed by atoms with E-state index in [-0.39, 0.29) is 0 Å². The number of nitrogens with zero attached hydrogens (tertiary/aromatic N) is 1. The molecule has 1 aromatic carbocycles. The van der Waals surface area contributed by atoms with Crippen LogP contribution in [0.3, 0.4) is 0 Å². The van der Waals surface area contributed by atoms with Crippen LogP contribution in [-0.2, 0) is 10.0 Å². The van der Waals surface area contributed by atoms with E-state index in [1.807, 2.05) is 0 Å². The molecule has 5 heteroatoms. The zero-order valence-corrected chi connectivity index (χ0v) is 10.3. The number of halogens is 1. The van der Waals surface area contributed by atoms with E-state index < -0.39 is 10.0 Å². The molecular formula is C11H13ClNO2S. The van der Waals surface area contributed by atoms with Gasteiger partial charge in [0.05, 0.1) is 4.90 Å². The maximum Gasteiger partial charge on any atom is 0.243 e. The SMILES string of the molecule is O=S(=O)(c1ccc(Cl)cc1)N1[CH]CCCC1. The third-order valence-electron chi connectivity index (χ3n) is 2.59. The van der Waals surface area contributed by atoms with Crippen LogP contribution in [0.2, 0.25) is 5.02 Å². The third-order valence-corrected chi connectivity index (χ3v) is 4.65. The molecule has 0 spiro atoms. The van der Waals surface area contributed by atoms with E-state index in [2.05, 4.69) is 0 Å². The quantitative estimate of drug-likeness (QED) is 0.818. The summed E-state index contributed by atoms with van der Waals surface area (Å²) in [5.74, 6) is 0. The van der Waals surface area contributed by atoms with E-state index in [1.165, 1.54) is 4.31 Å². The van der Waals surface area contributed by atoms with Crippen molar-refractivity contribution in [2.45, 2.75) is 24.2 Å². The van der Waals surface area contributed by atoms with Gasteiger partial charge in [0.15, 0.2) is 0 Å². The van der Waals surface area contributed by atoms with Gasteiger partial charge < -0.3 is 0 Å². The van der Waals surface area contributed by atoms with Gasteiger partial charge in [0.25, 0.3) is 0 Å². The minimum atomic E-state index is -3.36. The number of hydrogen-bond donors (Lipinski definition) is 0. The van der Waals surface area contributed by atoms with Gasteiger partial charge in [-0.3, -0.25) is 0 Å². The molecule has 0 atom stereocenters. The van der Waals surface area contributed by atoms with Gasteiger partial charge in [-0.25, -0.2) is 8.42 Å². The fourth-order valence-electron chi connectivity index (χ4n) is 1.70. The van der Waals surface area contributed by atoms with Gasteiger partial charge in [0.2, 0.25) is 10.0 Å². The van der Waals surface area contributed by atoms with Gasteiger partial charge in [-0.1, -0.05) is 18.0 Å². The van der Waals surface area contributed by atoms with Crippen LogP contribution in [0.5, 0.6) is 0 Å². The Morgan fingerprint density at radius 1 is 1.12 bits per heavy atom. The van der Waals surface area contributed by atoms with Crippen LogP contribution >= 0.6 is 11.6 Å². The van der Waals surface area contributed by atoms with E-state index in [4.69, 9.17) is 11.6 Å². The predicted octanol–water partition coefficient (Wildman–Crippen LogP) is 2.68. The molecule has 1 radical (unpaired) electrons. The smallest absolute Gasteiger partial charge is 0.207 e. The number of sulfonamides is 1. The topological polar surface area (TPSA) is 37.4 Å². The Kier molecular flexibility index (Phi) is 3.52. The van der Waals surface area contributed by atoms with Crippen LogP contribution in [0.25, 0.3) is 0 Å². The molecule has 0 aromatic heterocycles. The summed E-state index contributed by atoms with van der Waals surface area (Å²) < 4.78 is 25.7. The molecule has 1 saturated heterocycles. The normalized spacial score (nSPS) is 18.6. The molecule has 2 rings (SSSR count). The second-order valence-corrected chi connectivity index (χ2v) is 6.08. The first-order valence-corrected chi connectivity index (χ1v) is 7.03. The molecule has 0 saturated carbocycles. The predicted molar refractivity (Wildman–Crippen MR) is 63.5 cm³/mol. The van der Waals surface area contributed by atoms with Crippen LogP contribution in [0.15, 0.2) is 29.2 Å². The van der Waals surface area contributed by atoms with E-state index >= 15 is 0 Å². The van der Waals surface area contributed by atoms with Crippen molar-refractivity contribution in [3.63, 3.8) is 0 Å². The summed E-state index contributed by atoms with van der Waals surface area (Å²) in [6, 6.07) is 6.27. The van der Waals surface area contributed by atoms with Crippen molar-refractivity contribution in [1.82, 2.24) is 4.31 Å². The highest BCUT2D eigenvalue weighted by Crippen LogP contribution is 2.23. The summed E-state index contributed by atoms with van der Waals surface area (Å²) in [6.07, 6.45) is 2.81. The summed E-state index contributed by atoms with van der Waals surface area (Å²) in [7, 11) is -3.36. The molecule has 0 aliphatic carbocycles. The molecule has 1 aromatic rings. The number of hydrogen-bond acceptors (Lipinski definition) is 2. The molecule has 3 nitrogen and oxygen atoms in total. The van der Waals surface area contributed by atoms with Crippen LogP contribution in [0.4, 0.5) is 0 Å². The molecular weight excluding hydrogens is 246 g/mol. The highest BCUT2D eigenvalue weighted by Gasteiger charge is 2.25. The second-order valence-electron chi connectivity index (χ2n) is 3.75. The molecule has 0 amide bonds. The minimum Gasteiger partial charge on any atom is -0.207 e. The Morgan fingerprint density at radius 3 is 2.38 bits per heavy atom. The van der Waals surface area contributed by atoms with E-state index in [0.29, 0.717) is 16.5 Å². The van der Waals surface area contributed by atoms with Crippen molar-refractivity contribution in [3.8, 4) is 0 Å². The zero-order valence-electron chi connectivity index (χ0n) is 8.77. The summed E-state index contributed by atoms with van der Waals surface area (Å²) in [5, 5.41) is 0.543. The van der Waals surface area contributed by atoms with Gasteiger partial charge in [0.1, 0.15) is 0 Å². The Morgan fingerprint density at radius 2 is 1.81 bits per heavy atom. The maximum atomic E-state index is 12.2. The first kappa shape index (κ1) is 11.9. The fourth-order valence-corrected chi connectivity index (χ4v) is 3.25. The highest BCUT2D eigenvalue weighted by molar-refractivity contribution is 7.89. The standard InChI is InChI=1S/C11H13ClNO2S/c12-10-4-6-11(7-5-10)16(14,15)13-8-2-1-3-9-13/h4-8H,1-3,9H2. The van der Waals surface area contributed by atoms with E-state index in [1.54, 1.807) is 30.8 Å². The molecule has 1 aliphatic rings. The lowest BCUT2D eigenvalue weighted by molar-refractivity contribution is 0.400. The number of benzene rings is 1. The Labute approximate surface area is 101 Å². The Bertz CT molecular complexity index is 449. The second kappa shape index (κ2) is 4.73. The average molecular weight is 259 g/mol. The average Bonchev–Trinajstić information content (AvgIpc) is 2.31. The fraction of sp³-hybridized carbons (Fsp3) is 0.364. The molecule has 0 bridgehead atoms. The van der Waals surface area contributed by atoms with Gasteiger partial charge in [0, 0.05) is 18.1 Å². The van der Waals surface area contributed by atoms with Crippen LogP contribution < -0.4 is 0 Å². The van der Waals surface area contributed by atoms with Gasteiger partial charge in [-0.05, 0) is 37.1 Å². The number of rotatable bonds is 2. The van der Waals surface area contributed by atoms with Crippen molar-refractivity contribution < 1.29 is 8.42 Å². The van der Waals surface area contributed by atoms with E-state index in [0.717, 1.165) is 19.3 Å². The maximum absolute atomic E-state index is 12.2. The molecule has 1 aliphatic heterocycles. The largest absolute Gasteiger partial charge is 0.243 e. The van der Waals surface area contributed by atoms with Crippen molar-refractivity contribution in [2.75, 3.05) is 6.54 Å². The first-order chi connectivity index (χ1) is 7.60. The van der Waals surface area contributed by atoms with Crippen molar-refractivity contribution in [1.29, 1.82) is 0 Å². The monoisotopic (exact) mass is 258 g/mol. The lowest BCUT2D eigenvalue weighted by atomic mass is 10.2. The summed E-state index contributed by atoms with van der Waals surface area (Å²) in [5.41, 5.74) is 0. The molecule has 0 N–H and O–H groups in total. The summed E-state index contributed by atoms with van der Waals surface area (Å²) >= 11 is 5.73. The Balaban J connectivity index is 2.27. The number of piperidine rings is 1. The van der Waals surface area contributed by atoms with Gasteiger partial charge in [-0.15, -0.1) is 0 Å². The third kappa shape index (κ3) is 2.39. The molecule has 1 fully saturated rings. The molecule has 0 unspecified atom stereocenters. The van der Waals surface area contributed by atoms with E-state index in [9.17, 15) is 8.42 Å². The van der Waals surface area contributed by atoms with Crippen molar-refractivity contribution >= 4 is 21.6 Å². The van der Waals surface area contributed by atoms with Crippen LogP contribution in [-0.4, -0.2) is 19.3 Å². The summed E-state index contributed by atoms with van der Waals surface area (Å²) in [6.45, 7) is 2.33. The summed E-state index contributed by atoms with van der Waals surface area (Å²) in [4.78, 5) is 0.301. The molecule has 16 heavy (non-hydrogen) atoms. The minimum absolute atomic E-state index is 0.301. The first-order valence-electron chi connectivity index (χ1n) is 5.21.